The van der Waals surface area contributed by atoms with Gasteiger partial charge in [-0.3, -0.25) is 4.84 Å². The maximum Gasteiger partial charge on any atom is 0.345 e. The zero-order valence-corrected chi connectivity index (χ0v) is 12.9. The molecule has 2 aromatic rings. The monoisotopic (exact) mass is 298 g/mol. The highest BCUT2D eigenvalue weighted by Gasteiger charge is 2.14. The molecule has 0 radical (unpaired) electrons. The number of benzene rings is 2. The Morgan fingerprint density at radius 2 is 1.68 bits per heavy atom. The van der Waals surface area contributed by atoms with Crippen molar-refractivity contribution in [2.24, 2.45) is 0 Å². The highest BCUT2D eigenvalue weighted by atomic mass is 16.7. The van der Waals surface area contributed by atoms with Crippen molar-refractivity contribution in [1.82, 2.24) is 5.06 Å². The van der Waals surface area contributed by atoms with Crippen molar-refractivity contribution in [1.29, 1.82) is 0 Å². The number of carbonyl (C=O) groups is 1. The van der Waals surface area contributed by atoms with E-state index < -0.39 is 0 Å². The van der Waals surface area contributed by atoms with E-state index in [0.29, 0.717) is 13.2 Å². The van der Waals surface area contributed by atoms with Crippen molar-refractivity contribution in [2.45, 2.75) is 26.4 Å². The maximum atomic E-state index is 12.3. The Bertz CT molecular complexity index is 558. The number of para-hydroxylation sites is 1. The summed E-state index contributed by atoms with van der Waals surface area (Å²) in [7, 11) is 0. The molecule has 116 valence electrons. The van der Waals surface area contributed by atoms with Crippen molar-refractivity contribution in [3.63, 3.8) is 0 Å². The number of urea groups is 1. The van der Waals surface area contributed by atoms with Gasteiger partial charge in [-0.25, -0.2) is 9.86 Å². The molecule has 0 atom stereocenters. The van der Waals surface area contributed by atoms with E-state index in [2.05, 4.69) is 12.2 Å². The van der Waals surface area contributed by atoms with Crippen molar-refractivity contribution in [3.8, 4) is 0 Å². The summed E-state index contributed by atoms with van der Waals surface area (Å²) in [6, 6.07) is 19.0. The number of hydroxylamine groups is 2. The average molecular weight is 298 g/mol. The first-order chi connectivity index (χ1) is 10.8. The third-order valence-corrected chi connectivity index (χ3v) is 3.20. The van der Waals surface area contributed by atoms with Crippen molar-refractivity contribution < 1.29 is 9.63 Å². The number of nitrogens with one attached hydrogen (secondary N) is 1. The lowest BCUT2D eigenvalue weighted by Gasteiger charge is -2.22. The van der Waals surface area contributed by atoms with Gasteiger partial charge in [-0.05, 0) is 24.1 Å². The van der Waals surface area contributed by atoms with Gasteiger partial charge in [0.25, 0.3) is 0 Å². The van der Waals surface area contributed by atoms with Crippen molar-refractivity contribution in [3.05, 3.63) is 66.2 Å². The summed E-state index contributed by atoms with van der Waals surface area (Å²) >= 11 is 0. The molecule has 4 nitrogen and oxygen atoms in total. The Morgan fingerprint density at radius 1 is 1.05 bits per heavy atom. The van der Waals surface area contributed by atoms with Crippen LogP contribution in [-0.2, 0) is 11.4 Å². The fourth-order valence-electron chi connectivity index (χ4n) is 1.96. The maximum absolute atomic E-state index is 12.3. The van der Waals surface area contributed by atoms with Crippen LogP contribution in [0.15, 0.2) is 60.7 Å². The van der Waals surface area contributed by atoms with Crippen LogP contribution in [0.2, 0.25) is 0 Å². The molecule has 2 aromatic carbocycles. The molecule has 0 bridgehead atoms. The van der Waals surface area contributed by atoms with E-state index in [1.54, 1.807) is 0 Å². The number of hydrogen-bond donors (Lipinski definition) is 1. The summed E-state index contributed by atoms with van der Waals surface area (Å²) in [4.78, 5) is 18.0. The molecule has 0 aromatic heterocycles. The third kappa shape index (κ3) is 5.22. The molecular weight excluding hydrogens is 276 g/mol. The molecule has 2 rings (SSSR count). The standard InChI is InChI=1S/C18H22N2O2/c1-2-3-14-20(22-15-16-10-6-4-7-11-16)18(21)19-17-12-8-5-9-13-17/h4-13H,2-3,14-15H2,1H3,(H,19,21). The van der Waals surface area contributed by atoms with E-state index >= 15 is 0 Å². The largest absolute Gasteiger partial charge is 0.345 e. The third-order valence-electron chi connectivity index (χ3n) is 3.20. The lowest BCUT2D eigenvalue weighted by atomic mass is 10.2. The summed E-state index contributed by atoms with van der Waals surface area (Å²) in [5, 5.41) is 4.26. The molecule has 22 heavy (non-hydrogen) atoms. The fraction of sp³-hybridized carbons (Fsp3) is 0.278. The number of amides is 2. The van der Waals surface area contributed by atoms with Crippen LogP contribution in [0.25, 0.3) is 0 Å². The lowest BCUT2D eigenvalue weighted by Crippen LogP contribution is -2.35. The SMILES string of the molecule is CCCCN(OCc1ccccc1)C(=O)Nc1ccccc1. The van der Waals surface area contributed by atoms with Crippen molar-refractivity contribution in [2.75, 3.05) is 11.9 Å². The van der Waals surface area contributed by atoms with E-state index in [9.17, 15) is 4.79 Å². The molecule has 0 saturated carbocycles. The Morgan fingerprint density at radius 3 is 2.32 bits per heavy atom. The normalized spacial score (nSPS) is 10.2. The summed E-state index contributed by atoms with van der Waals surface area (Å²) in [5.41, 5.74) is 1.80. The molecule has 0 aliphatic heterocycles. The molecule has 0 saturated heterocycles. The quantitative estimate of drug-likeness (QED) is 0.767. The number of hydrogen-bond acceptors (Lipinski definition) is 2. The van der Waals surface area contributed by atoms with Gasteiger partial charge in [0.15, 0.2) is 0 Å². The van der Waals surface area contributed by atoms with Crippen LogP contribution < -0.4 is 5.32 Å². The molecule has 0 spiro atoms. The molecule has 2 amide bonds. The number of unbranched alkanes of at least 4 members (excludes halogenated alkanes) is 1. The second kappa shape index (κ2) is 8.85. The van der Waals surface area contributed by atoms with Crippen LogP contribution in [-0.4, -0.2) is 17.6 Å². The second-order valence-electron chi connectivity index (χ2n) is 5.01. The van der Waals surface area contributed by atoms with Crippen LogP contribution in [0.3, 0.4) is 0 Å². The fourth-order valence-corrected chi connectivity index (χ4v) is 1.96. The topological polar surface area (TPSA) is 41.6 Å². The number of nitrogens with zero attached hydrogens (tertiary/aromatic N) is 1. The van der Waals surface area contributed by atoms with Crippen LogP contribution >= 0.6 is 0 Å². The average Bonchev–Trinajstić information content (AvgIpc) is 2.56. The predicted molar refractivity (Wildman–Crippen MR) is 88.3 cm³/mol. The van der Waals surface area contributed by atoms with Crippen LogP contribution in [0.1, 0.15) is 25.3 Å². The highest BCUT2D eigenvalue weighted by Crippen LogP contribution is 2.09. The van der Waals surface area contributed by atoms with Gasteiger partial charge in [0.05, 0.1) is 6.54 Å². The molecule has 1 N–H and O–H groups in total. The van der Waals surface area contributed by atoms with Gasteiger partial charge in [-0.1, -0.05) is 61.9 Å². The highest BCUT2D eigenvalue weighted by molar-refractivity contribution is 5.88. The first-order valence-electron chi connectivity index (χ1n) is 7.60. The summed E-state index contributed by atoms with van der Waals surface area (Å²) in [6.07, 6.45) is 1.90. The van der Waals surface area contributed by atoms with Gasteiger partial charge in [-0.2, -0.15) is 0 Å². The van der Waals surface area contributed by atoms with Gasteiger partial charge < -0.3 is 5.32 Å². The van der Waals surface area contributed by atoms with E-state index in [-0.39, 0.29) is 6.03 Å². The number of anilines is 1. The predicted octanol–water partition coefficient (Wildman–Crippen LogP) is 4.45. The Balaban J connectivity index is 1.94. The minimum atomic E-state index is -0.240. The van der Waals surface area contributed by atoms with Gasteiger partial charge >= 0.3 is 6.03 Å². The molecule has 0 unspecified atom stereocenters. The van der Waals surface area contributed by atoms with Gasteiger partial charge in [0.1, 0.15) is 6.61 Å². The molecule has 0 aliphatic carbocycles. The Hall–Kier alpha value is -2.33. The smallest absolute Gasteiger partial charge is 0.306 e. The van der Waals surface area contributed by atoms with E-state index in [1.807, 2.05) is 60.7 Å². The van der Waals surface area contributed by atoms with E-state index in [0.717, 1.165) is 24.1 Å². The Labute approximate surface area is 131 Å². The second-order valence-corrected chi connectivity index (χ2v) is 5.01. The van der Waals surface area contributed by atoms with Crippen molar-refractivity contribution >= 4 is 11.7 Å². The summed E-state index contributed by atoms with van der Waals surface area (Å²) < 4.78 is 0. The van der Waals surface area contributed by atoms with E-state index in [4.69, 9.17) is 4.84 Å². The van der Waals surface area contributed by atoms with Gasteiger partial charge in [0, 0.05) is 5.69 Å². The molecule has 0 heterocycles. The van der Waals surface area contributed by atoms with Gasteiger partial charge in [-0.15, -0.1) is 0 Å². The Kier molecular flexibility index (Phi) is 6.45. The zero-order valence-electron chi connectivity index (χ0n) is 12.9. The minimum absolute atomic E-state index is 0.240. The number of carbonyl (C=O) groups excluding carboxylic acids is 1. The molecular formula is C18H22N2O2. The number of rotatable bonds is 7. The summed E-state index contributed by atoms with van der Waals surface area (Å²) in [6.45, 7) is 3.04. The zero-order chi connectivity index (χ0) is 15.6. The molecule has 0 aliphatic rings. The van der Waals surface area contributed by atoms with Crippen LogP contribution in [0.5, 0.6) is 0 Å². The van der Waals surface area contributed by atoms with Crippen LogP contribution in [0, 0.1) is 0 Å². The molecule has 4 heteroatoms. The van der Waals surface area contributed by atoms with Crippen LogP contribution in [0.4, 0.5) is 10.5 Å². The van der Waals surface area contributed by atoms with E-state index in [1.165, 1.54) is 5.06 Å². The van der Waals surface area contributed by atoms with Gasteiger partial charge in [0.2, 0.25) is 0 Å². The minimum Gasteiger partial charge on any atom is -0.306 e. The molecule has 0 fully saturated rings. The first-order valence-corrected chi connectivity index (χ1v) is 7.60. The lowest BCUT2D eigenvalue weighted by molar-refractivity contribution is -0.124. The first kappa shape index (κ1) is 16.0. The summed E-state index contributed by atoms with van der Waals surface area (Å²) in [5.74, 6) is 0.